The molecule has 0 saturated carbocycles. The van der Waals surface area contributed by atoms with E-state index < -0.39 is 12.0 Å². The Morgan fingerprint density at radius 3 is 1.97 bits per heavy atom. The van der Waals surface area contributed by atoms with Crippen LogP contribution in [0.3, 0.4) is 0 Å². The van der Waals surface area contributed by atoms with Crippen molar-refractivity contribution in [3.8, 4) is 0 Å². The Labute approximate surface area is 178 Å². The van der Waals surface area contributed by atoms with E-state index in [0.29, 0.717) is 19.4 Å². The first-order valence-electron chi connectivity index (χ1n) is 12.0. The van der Waals surface area contributed by atoms with Gasteiger partial charge in [0.15, 0.2) is 0 Å². The topological polar surface area (TPSA) is 92.4 Å². The molecule has 0 fully saturated rings. The number of nitrogens with one attached hydrogen (secondary N) is 1. The minimum absolute atomic E-state index is 0.102. The molecule has 0 rings (SSSR count). The van der Waals surface area contributed by atoms with E-state index in [1.807, 2.05) is 0 Å². The predicted octanol–water partition coefficient (Wildman–Crippen LogP) is 5.72. The van der Waals surface area contributed by atoms with E-state index in [1.54, 1.807) is 0 Å². The van der Waals surface area contributed by atoms with Crippen LogP contribution in [0.5, 0.6) is 0 Å². The van der Waals surface area contributed by atoms with E-state index >= 15 is 0 Å². The molecular formula is C24H46N2O3. The van der Waals surface area contributed by atoms with Crippen molar-refractivity contribution in [1.29, 1.82) is 0 Å². The monoisotopic (exact) mass is 410 g/mol. The van der Waals surface area contributed by atoms with Crippen molar-refractivity contribution in [2.75, 3.05) is 6.54 Å². The van der Waals surface area contributed by atoms with Gasteiger partial charge >= 0.3 is 5.97 Å². The highest BCUT2D eigenvalue weighted by molar-refractivity contribution is 5.75. The molecule has 0 spiro atoms. The zero-order valence-corrected chi connectivity index (χ0v) is 18.8. The van der Waals surface area contributed by atoms with Gasteiger partial charge in [-0.15, -0.1) is 0 Å². The summed E-state index contributed by atoms with van der Waals surface area (Å²) in [5, 5.41) is 11.6. The lowest BCUT2D eigenvalue weighted by molar-refractivity contribution is -0.138. The normalized spacial score (nSPS) is 12.3. The Balaban J connectivity index is 3.28. The van der Waals surface area contributed by atoms with E-state index in [1.165, 1.54) is 70.6 Å². The third-order valence-corrected chi connectivity index (χ3v) is 5.25. The summed E-state index contributed by atoms with van der Waals surface area (Å²) in [5.41, 5.74) is 5.44. The van der Waals surface area contributed by atoms with Crippen LogP contribution in [0.2, 0.25) is 0 Å². The van der Waals surface area contributed by atoms with Gasteiger partial charge in [0.25, 0.3) is 0 Å². The zero-order valence-electron chi connectivity index (χ0n) is 18.8. The largest absolute Gasteiger partial charge is 0.480 e. The second-order valence-corrected chi connectivity index (χ2v) is 8.12. The lowest BCUT2D eigenvalue weighted by atomic mass is 10.1. The zero-order chi connectivity index (χ0) is 21.6. The number of aliphatic carboxylic acids is 1. The van der Waals surface area contributed by atoms with Gasteiger partial charge in [0.05, 0.1) is 0 Å². The number of hydrogen-bond donors (Lipinski definition) is 3. The SMILES string of the molecule is CCCCCCCC/C=C\CCCCCCCC(=O)NCCCC[C@@H](N)C(=O)O. The number of nitrogens with two attached hydrogens (primary N) is 1. The number of amides is 1. The lowest BCUT2D eigenvalue weighted by Crippen LogP contribution is -2.30. The molecule has 1 amide bonds. The van der Waals surface area contributed by atoms with E-state index in [-0.39, 0.29) is 5.91 Å². The van der Waals surface area contributed by atoms with Gasteiger partial charge in [0.2, 0.25) is 5.91 Å². The van der Waals surface area contributed by atoms with E-state index in [4.69, 9.17) is 10.8 Å². The van der Waals surface area contributed by atoms with Crippen LogP contribution in [-0.4, -0.2) is 29.6 Å². The van der Waals surface area contributed by atoms with Crippen LogP contribution in [0.15, 0.2) is 12.2 Å². The van der Waals surface area contributed by atoms with Crippen molar-refractivity contribution < 1.29 is 14.7 Å². The van der Waals surface area contributed by atoms with Gasteiger partial charge in [0, 0.05) is 13.0 Å². The number of allylic oxidation sites excluding steroid dienone is 2. The van der Waals surface area contributed by atoms with Crippen molar-refractivity contribution in [2.24, 2.45) is 5.73 Å². The summed E-state index contributed by atoms with van der Waals surface area (Å²) in [6.45, 7) is 2.87. The van der Waals surface area contributed by atoms with Crippen LogP contribution in [0.25, 0.3) is 0 Å². The highest BCUT2D eigenvalue weighted by Gasteiger charge is 2.10. The second kappa shape index (κ2) is 21.4. The maximum atomic E-state index is 11.7. The van der Waals surface area contributed by atoms with Gasteiger partial charge in [0.1, 0.15) is 6.04 Å². The van der Waals surface area contributed by atoms with Gasteiger partial charge in [-0.05, 0) is 51.4 Å². The highest BCUT2D eigenvalue weighted by atomic mass is 16.4. The highest BCUT2D eigenvalue weighted by Crippen LogP contribution is 2.10. The van der Waals surface area contributed by atoms with Crippen LogP contribution in [-0.2, 0) is 9.59 Å². The molecule has 0 aromatic rings. The Hall–Kier alpha value is -1.36. The molecule has 4 N–H and O–H groups in total. The molecule has 5 heteroatoms. The number of carboxylic acids is 1. The van der Waals surface area contributed by atoms with E-state index in [2.05, 4.69) is 24.4 Å². The first-order valence-corrected chi connectivity index (χ1v) is 12.0. The molecule has 0 aromatic heterocycles. The molecule has 0 unspecified atom stereocenters. The molecule has 0 aliphatic carbocycles. The van der Waals surface area contributed by atoms with Gasteiger partial charge in [-0.3, -0.25) is 9.59 Å². The number of unbranched alkanes of at least 4 members (excludes halogenated alkanes) is 12. The summed E-state index contributed by atoms with van der Waals surface area (Å²) in [6, 6.07) is -0.790. The number of carboxylic acid groups (broad SMARTS) is 1. The summed E-state index contributed by atoms with van der Waals surface area (Å²) < 4.78 is 0. The molecule has 1 atom stereocenters. The quantitative estimate of drug-likeness (QED) is 0.167. The van der Waals surface area contributed by atoms with Gasteiger partial charge in [-0.25, -0.2) is 0 Å². The van der Waals surface area contributed by atoms with Crippen LogP contribution in [0.4, 0.5) is 0 Å². The number of hydrogen-bond acceptors (Lipinski definition) is 3. The maximum absolute atomic E-state index is 11.7. The van der Waals surface area contributed by atoms with Gasteiger partial charge < -0.3 is 16.2 Å². The van der Waals surface area contributed by atoms with Crippen LogP contribution < -0.4 is 11.1 Å². The third kappa shape index (κ3) is 21.2. The average molecular weight is 411 g/mol. The lowest BCUT2D eigenvalue weighted by Gasteiger charge is -2.07. The summed E-state index contributed by atoms with van der Waals surface area (Å²) in [5.74, 6) is -0.858. The van der Waals surface area contributed by atoms with Crippen LogP contribution in [0.1, 0.15) is 116 Å². The molecule has 5 nitrogen and oxygen atoms in total. The van der Waals surface area contributed by atoms with Crippen molar-refractivity contribution in [2.45, 2.75) is 122 Å². The smallest absolute Gasteiger partial charge is 0.320 e. The number of rotatable bonds is 21. The van der Waals surface area contributed by atoms with Crippen molar-refractivity contribution in [3.05, 3.63) is 12.2 Å². The van der Waals surface area contributed by atoms with Gasteiger partial charge in [-0.2, -0.15) is 0 Å². The van der Waals surface area contributed by atoms with Crippen LogP contribution in [0, 0.1) is 0 Å². The minimum atomic E-state index is -0.960. The fourth-order valence-electron chi connectivity index (χ4n) is 3.29. The first kappa shape index (κ1) is 27.6. The van der Waals surface area contributed by atoms with E-state index in [9.17, 15) is 9.59 Å². The van der Waals surface area contributed by atoms with E-state index in [0.717, 1.165) is 25.7 Å². The first-order chi connectivity index (χ1) is 14.1. The summed E-state index contributed by atoms with van der Waals surface area (Å²) >= 11 is 0. The summed E-state index contributed by atoms with van der Waals surface area (Å²) in [4.78, 5) is 22.3. The predicted molar refractivity (Wildman–Crippen MR) is 122 cm³/mol. The maximum Gasteiger partial charge on any atom is 0.320 e. The minimum Gasteiger partial charge on any atom is -0.480 e. The molecule has 170 valence electrons. The molecule has 0 aliphatic rings. The standard InChI is InChI=1S/C24H46N2O3/c1-2-3-4-5-6-7-8-9-10-11-12-13-14-15-16-20-23(27)26-21-18-17-19-22(25)24(28)29/h9-10,22H,2-8,11-21,25H2,1H3,(H,26,27)(H,28,29)/b10-9-/t22-/m1/s1. The second-order valence-electron chi connectivity index (χ2n) is 8.12. The fourth-order valence-corrected chi connectivity index (χ4v) is 3.29. The Morgan fingerprint density at radius 1 is 0.828 bits per heavy atom. The number of carbonyl (C=O) groups excluding carboxylic acids is 1. The fraction of sp³-hybridized carbons (Fsp3) is 0.833. The summed E-state index contributed by atoms with van der Waals surface area (Å²) in [7, 11) is 0. The van der Waals surface area contributed by atoms with Crippen molar-refractivity contribution in [1.82, 2.24) is 5.32 Å². The third-order valence-electron chi connectivity index (χ3n) is 5.25. The average Bonchev–Trinajstić information content (AvgIpc) is 2.70. The molecule has 0 heterocycles. The molecule has 0 saturated heterocycles. The molecule has 0 bridgehead atoms. The Bertz CT molecular complexity index is 424. The van der Waals surface area contributed by atoms with Crippen molar-refractivity contribution >= 4 is 11.9 Å². The number of carbonyl (C=O) groups is 2. The van der Waals surface area contributed by atoms with Crippen molar-refractivity contribution in [3.63, 3.8) is 0 Å². The molecule has 0 aliphatic heterocycles. The van der Waals surface area contributed by atoms with Crippen LogP contribution >= 0.6 is 0 Å². The Morgan fingerprint density at radius 2 is 1.38 bits per heavy atom. The molecule has 0 radical (unpaired) electrons. The summed E-state index contributed by atoms with van der Waals surface area (Å²) in [6.07, 6.45) is 23.6. The molecular weight excluding hydrogens is 364 g/mol. The van der Waals surface area contributed by atoms with Gasteiger partial charge in [-0.1, -0.05) is 70.4 Å². The molecule has 0 aromatic carbocycles. The molecule has 29 heavy (non-hydrogen) atoms. The Kier molecular flexibility index (Phi) is 20.3.